The average Bonchev–Trinajstić information content (AvgIpc) is 2.93. The molecule has 0 radical (unpaired) electrons. The molecule has 1 spiro atoms. The van der Waals surface area contributed by atoms with E-state index in [1.807, 2.05) is 0 Å². The summed E-state index contributed by atoms with van der Waals surface area (Å²) < 4.78 is 16.9. The van der Waals surface area contributed by atoms with Gasteiger partial charge in [0.25, 0.3) is 5.91 Å². The molecule has 3 heterocycles. The fourth-order valence-electron chi connectivity index (χ4n) is 3.58. The van der Waals surface area contributed by atoms with Crippen molar-refractivity contribution in [1.29, 1.82) is 0 Å². The molecule has 0 aliphatic carbocycles. The topological polar surface area (TPSA) is 163 Å². The zero-order valence-electron chi connectivity index (χ0n) is 16.0. The minimum atomic E-state index is -1.07. The van der Waals surface area contributed by atoms with Crippen LogP contribution < -0.4 is 20.9 Å². The third kappa shape index (κ3) is 3.92. The molecule has 30 heavy (non-hydrogen) atoms. The summed E-state index contributed by atoms with van der Waals surface area (Å²) in [5.41, 5.74) is 11.9. The summed E-state index contributed by atoms with van der Waals surface area (Å²) in [6.45, 7) is 0.845. The second-order valence-corrected chi connectivity index (χ2v) is 7.20. The maximum Gasteiger partial charge on any atom is 0.341 e. The van der Waals surface area contributed by atoms with Crippen LogP contribution in [0.4, 0.5) is 11.8 Å². The van der Waals surface area contributed by atoms with Crippen molar-refractivity contribution in [3.63, 3.8) is 0 Å². The van der Waals surface area contributed by atoms with Gasteiger partial charge in [0.2, 0.25) is 11.8 Å². The van der Waals surface area contributed by atoms with E-state index < -0.39 is 18.2 Å². The SMILES string of the molecule is Nc1nc(N)c2c(n1)OC1(COCCN(C(=O)c3ccc(OCC(=O)O)cc3)C1)C2. The minimum absolute atomic E-state index is 0.0241. The van der Waals surface area contributed by atoms with Gasteiger partial charge in [-0.25, -0.2) is 4.79 Å². The van der Waals surface area contributed by atoms with Crippen LogP contribution in [0.5, 0.6) is 11.6 Å². The lowest BCUT2D eigenvalue weighted by molar-refractivity contribution is -0.139. The van der Waals surface area contributed by atoms with Gasteiger partial charge in [0.1, 0.15) is 11.6 Å². The summed E-state index contributed by atoms with van der Waals surface area (Å²) in [7, 11) is 0. The summed E-state index contributed by atoms with van der Waals surface area (Å²) in [6, 6.07) is 6.29. The molecule has 1 saturated heterocycles. The Hall–Kier alpha value is -3.60. The predicted octanol–water partition coefficient (Wildman–Crippen LogP) is -0.0493. The molecular weight excluding hydrogens is 394 g/mol. The number of rotatable bonds is 4. The maximum atomic E-state index is 13.1. The van der Waals surface area contributed by atoms with Crippen molar-refractivity contribution in [3.05, 3.63) is 35.4 Å². The molecule has 5 N–H and O–H groups in total. The van der Waals surface area contributed by atoms with Gasteiger partial charge in [-0.2, -0.15) is 9.97 Å². The highest BCUT2D eigenvalue weighted by Crippen LogP contribution is 2.38. The van der Waals surface area contributed by atoms with Crippen LogP contribution in [0.25, 0.3) is 0 Å². The van der Waals surface area contributed by atoms with Crippen LogP contribution in [0, 0.1) is 0 Å². The number of nitrogen functional groups attached to an aromatic ring is 2. The monoisotopic (exact) mass is 415 g/mol. The summed E-state index contributed by atoms with van der Waals surface area (Å²) in [5.74, 6) is -0.314. The first-order valence-corrected chi connectivity index (χ1v) is 9.28. The first kappa shape index (κ1) is 19.7. The Bertz CT molecular complexity index is 982. The number of carbonyl (C=O) groups excluding carboxylic acids is 1. The smallest absolute Gasteiger partial charge is 0.341 e. The van der Waals surface area contributed by atoms with E-state index in [2.05, 4.69) is 9.97 Å². The van der Waals surface area contributed by atoms with E-state index in [1.165, 1.54) is 0 Å². The molecule has 1 aromatic heterocycles. The number of hydrogen-bond donors (Lipinski definition) is 3. The van der Waals surface area contributed by atoms with E-state index in [0.29, 0.717) is 42.3 Å². The zero-order chi connectivity index (χ0) is 21.3. The van der Waals surface area contributed by atoms with E-state index in [4.69, 9.17) is 30.8 Å². The summed E-state index contributed by atoms with van der Waals surface area (Å²) >= 11 is 0. The van der Waals surface area contributed by atoms with Crippen molar-refractivity contribution in [2.45, 2.75) is 12.0 Å². The van der Waals surface area contributed by atoms with Gasteiger partial charge in [-0.15, -0.1) is 0 Å². The summed E-state index contributed by atoms with van der Waals surface area (Å²) in [4.78, 5) is 33.4. The number of aliphatic carboxylic acids is 1. The second kappa shape index (κ2) is 7.67. The number of amides is 1. The van der Waals surface area contributed by atoms with Gasteiger partial charge in [0.15, 0.2) is 12.2 Å². The van der Waals surface area contributed by atoms with Gasteiger partial charge < -0.3 is 35.7 Å². The van der Waals surface area contributed by atoms with Crippen LogP contribution in [-0.2, 0) is 16.0 Å². The van der Waals surface area contributed by atoms with Gasteiger partial charge in [0, 0.05) is 18.5 Å². The van der Waals surface area contributed by atoms with Crippen LogP contribution in [0.3, 0.4) is 0 Å². The molecule has 2 aliphatic rings. The van der Waals surface area contributed by atoms with Crippen LogP contribution in [-0.4, -0.2) is 70.4 Å². The van der Waals surface area contributed by atoms with Crippen LogP contribution in [0.1, 0.15) is 15.9 Å². The Labute approximate surface area is 171 Å². The molecular formula is C19H21N5O6. The Kier molecular flexibility index (Phi) is 5.04. The molecule has 1 fully saturated rings. The first-order valence-electron chi connectivity index (χ1n) is 9.28. The number of anilines is 2. The Morgan fingerprint density at radius 1 is 1.23 bits per heavy atom. The molecule has 1 atom stereocenters. The number of hydrogen-bond acceptors (Lipinski definition) is 9. The number of carboxylic acid groups (broad SMARTS) is 1. The van der Waals surface area contributed by atoms with E-state index in [9.17, 15) is 9.59 Å². The quantitative estimate of drug-likeness (QED) is 0.617. The third-order valence-electron chi connectivity index (χ3n) is 4.93. The molecule has 0 saturated carbocycles. The highest BCUT2D eigenvalue weighted by molar-refractivity contribution is 5.94. The molecule has 0 bridgehead atoms. The third-order valence-corrected chi connectivity index (χ3v) is 4.93. The Morgan fingerprint density at radius 3 is 2.73 bits per heavy atom. The lowest BCUT2D eigenvalue weighted by Crippen LogP contribution is -2.49. The number of ether oxygens (including phenoxy) is 3. The number of nitrogens with two attached hydrogens (primary N) is 2. The van der Waals surface area contributed by atoms with E-state index in [0.717, 1.165) is 0 Å². The molecule has 2 aliphatic heterocycles. The predicted molar refractivity (Wildman–Crippen MR) is 104 cm³/mol. The fraction of sp³-hybridized carbons (Fsp3) is 0.368. The zero-order valence-corrected chi connectivity index (χ0v) is 16.0. The lowest BCUT2D eigenvalue weighted by Gasteiger charge is -2.31. The number of fused-ring (bicyclic) bond motifs is 1. The van der Waals surface area contributed by atoms with Crippen LogP contribution in [0.15, 0.2) is 24.3 Å². The molecule has 1 amide bonds. The number of carboxylic acids is 1. The first-order chi connectivity index (χ1) is 14.3. The van der Waals surface area contributed by atoms with E-state index >= 15 is 0 Å². The number of carbonyl (C=O) groups is 2. The van der Waals surface area contributed by atoms with Crippen molar-refractivity contribution in [3.8, 4) is 11.6 Å². The fourth-order valence-corrected chi connectivity index (χ4v) is 3.58. The molecule has 1 unspecified atom stereocenters. The van der Waals surface area contributed by atoms with Crippen molar-refractivity contribution in [2.75, 3.05) is 44.4 Å². The maximum absolute atomic E-state index is 13.1. The number of benzene rings is 1. The minimum Gasteiger partial charge on any atom is -0.482 e. The lowest BCUT2D eigenvalue weighted by atomic mass is 9.97. The Balaban J connectivity index is 1.50. The van der Waals surface area contributed by atoms with E-state index in [1.54, 1.807) is 29.2 Å². The second-order valence-electron chi connectivity index (χ2n) is 7.20. The van der Waals surface area contributed by atoms with Crippen molar-refractivity contribution >= 4 is 23.6 Å². The van der Waals surface area contributed by atoms with Crippen molar-refractivity contribution < 1.29 is 28.9 Å². The van der Waals surface area contributed by atoms with Crippen molar-refractivity contribution in [2.24, 2.45) is 0 Å². The van der Waals surface area contributed by atoms with Crippen LogP contribution in [0.2, 0.25) is 0 Å². The van der Waals surface area contributed by atoms with Gasteiger partial charge in [-0.1, -0.05) is 0 Å². The molecule has 4 rings (SSSR count). The molecule has 2 aromatic rings. The molecule has 11 nitrogen and oxygen atoms in total. The summed E-state index contributed by atoms with van der Waals surface area (Å²) in [5, 5.41) is 8.68. The molecule has 158 valence electrons. The van der Waals surface area contributed by atoms with Gasteiger partial charge in [-0.05, 0) is 24.3 Å². The number of aromatic nitrogens is 2. The summed E-state index contributed by atoms with van der Waals surface area (Å²) in [6.07, 6.45) is 0.403. The Morgan fingerprint density at radius 2 is 2.00 bits per heavy atom. The van der Waals surface area contributed by atoms with Gasteiger partial charge in [-0.3, -0.25) is 4.79 Å². The average molecular weight is 415 g/mol. The van der Waals surface area contributed by atoms with Gasteiger partial charge in [0.05, 0.1) is 25.3 Å². The van der Waals surface area contributed by atoms with Gasteiger partial charge >= 0.3 is 5.97 Å². The van der Waals surface area contributed by atoms with Crippen molar-refractivity contribution in [1.82, 2.24) is 14.9 Å². The standard InChI is InChI=1S/C19H21N5O6/c20-15-13-7-19(30-16(13)23-18(21)22-15)9-24(5-6-28-10-19)17(27)11-1-3-12(4-2-11)29-8-14(25)26/h1-4H,5-10H2,(H,25,26)(H4,20,21,22,23). The molecule has 11 heteroatoms. The largest absolute Gasteiger partial charge is 0.482 e. The highest BCUT2D eigenvalue weighted by atomic mass is 16.6. The van der Waals surface area contributed by atoms with Crippen LogP contribution >= 0.6 is 0 Å². The number of nitrogens with zero attached hydrogens (tertiary/aromatic N) is 3. The van der Waals surface area contributed by atoms with E-state index in [-0.39, 0.29) is 30.8 Å². The highest BCUT2D eigenvalue weighted by Gasteiger charge is 2.45. The molecule has 1 aromatic carbocycles. The normalized spacial score (nSPS) is 20.3.